The van der Waals surface area contributed by atoms with E-state index in [1.165, 1.54) is 0 Å². The lowest BCUT2D eigenvalue weighted by Gasteiger charge is -2.44. The van der Waals surface area contributed by atoms with Gasteiger partial charge in [-0.2, -0.15) is 0 Å². The van der Waals surface area contributed by atoms with Gasteiger partial charge in [-0.3, -0.25) is 14.7 Å². The Morgan fingerprint density at radius 1 is 0.706 bits per heavy atom. The number of nitrogens with zero attached hydrogens (tertiary/aromatic N) is 3. The number of rotatable bonds is 2. The van der Waals surface area contributed by atoms with Gasteiger partial charge in [-0.25, -0.2) is 0 Å². The van der Waals surface area contributed by atoms with Gasteiger partial charge in [0.25, 0.3) is 0 Å². The minimum absolute atomic E-state index is 0.381. The maximum absolute atomic E-state index is 2.55. The largest absolute Gasteiger partial charge is 0.280 e. The molecule has 0 atom stereocenters. The molecule has 1 heterocycles. The minimum Gasteiger partial charge on any atom is -0.280 e. The third-order valence-electron chi connectivity index (χ3n) is 2.68. The summed E-state index contributed by atoms with van der Waals surface area (Å²) in [6, 6.07) is 0. The zero-order chi connectivity index (χ0) is 13.3. The van der Waals surface area contributed by atoms with Gasteiger partial charge in [0.05, 0.1) is 20.0 Å². The molecule has 1 fully saturated rings. The fourth-order valence-electron chi connectivity index (χ4n) is 2.64. The van der Waals surface area contributed by atoms with E-state index in [-0.39, 0.29) is 0 Å². The van der Waals surface area contributed by atoms with Crippen LogP contribution in [-0.2, 0) is 0 Å². The highest BCUT2D eigenvalue weighted by molar-refractivity contribution is 4.76. The Morgan fingerprint density at radius 3 is 1.35 bits per heavy atom. The van der Waals surface area contributed by atoms with Crippen LogP contribution in [0.15, 0.2) is 0 Å². The van der Waals surface area contributed by atoms with Crippen LogP contribution >= 0.6 is 0 Å². The second-order valence-electron chi connectivity index (χ2n) is 8.06. The van der Waals surface area contributed by atoms with Crippen LogP contribution in [0.4, 0.5) is 0 Å². The van der Waals surface area contributed by atoms with E-state index in [0.717, 1.165) is 33.1 Å². The van der Waals surface area contributed by atoms with Gasteiger partial charge in [0.15, 0.2) is 0 Å². The maximum Gasteiger partial charge on any atom is 0.0530 e. The topological polar surface area (TPSA) is 9.72 Å². The Balaban J connectivity index is 2.53. The van der Waals surface area contributed by atoms with E-state index in [1.54, 1.807) is 0 Å². The number of hydrogen-bond acceptors (Lipinski definition) is 3. The zero-order valence-corrected chi connectivity index (χ0v) is 12.9. The molecule has 0 radical (unpaired) electrons. The molecule has 3 heteroatoms. The van der Waals surface area contributed by atoms with E-state index in [9.17, 15) is 0 Å². The van der Waals surface area contributed by atoms with Crippen molar-refractivity contribution in [1.82, 2.24) is 14.7 Å². The summed E-state index contributed by atoms with van der Waals surface area (Å²) in [7, 11) is 2.21. The Labute approximate surface area is 108 Å². The molecule has 0 aliphatic carbocycles. The minimum atomic E-state index is 0.381. The molecular formula is C14H31N3. The normalized spacial score (nSPS) is 22.1. The molecule has 0 spiro atoms. The van der Waals surface area contributed by atoms with Crippen molar-refractivity contribution >= 4 is 0 Å². The molecule has 0 saturated carbocycles. The predicted octanol–water partition coefficient (Wildman–Crippen LogP) is 2.50. The van der Waals surface area contributed by atoms with Gasteiger partial charge >= 0.3 is 0 Å². The summed E-state index contributed by atoms with van der Waals surface area (Å²) in [5.41, 5.74) is 0.761. The first-order valence-electron chi connectivity index (χ1n) is 6.68. The predicted molar refractivity (Wildman–Crippen MR) is 74.7 cm³/mol. The summed E-state index contributed by atoms with van der Waals surface area (Å²) < 4.78 is 0. The Kier molecular flexibility index (Phi) is 4.61. The summed E-state index contributed by atoms with van der Waals surface area (Å²) in [5.74, 6) is 0. The van der Waals surface area contributed by atoms with E-state index in [2.05, 4.69) is 63.3 Å². The average Bonchev–Trinajstić information content (AvgIpc) is 1.93. The molecular weight excluding hydrogens is 210 g/mol. The highest BCUT2D eigenvalue weighted by Crippen LogP contribution is 2.20. The summed E-state index contributed by atoms with van der Waals surface area (Å²) in [6.45, 7) is 19.5. The van der Waals surface area contributed by atoms with Crippen molar-refractivity contribution in [3.63, 3.8) is 0 Å². The molecule has 1 aliphatic heterocycles. The lowest BCUT2D eigenvalue weighted by atomic mass is 9.95. The second kappa shape index (κ2) is 5.25. The molecule has 1 rings (SSSR count). The summed E-state index contributed by atoms with van der Waals surface area (Å²) >= 11 is 0. The van der Waals surface area contributed by atoms with Gasteiger partial charge in [0, 0.05) is 13.1 Å². The van der Waals surface area contributed by atoms with Crippen LogP contribution in [0.25, 0.3) is 0 Å². The van der Waals surface area contributed by atoms with Gasteiger partial charge in [-0.15, -0.1) is 0 Å². The smallest absolute Gasteiger partial charge is 0.0530 e. The molecule has 0 aromatic carbocycles. The molecule has 0 amide bonds. The van der Waals surface area contributed by atoms with Gasteiger partial charge < -0.3 is 0 Å². The Morgan fingerprint density at radius 2 is 1.06 bits per heavy atom. The van der Waals surface area contributed by atoms with Crippen LogP contribution in [0.3, 0.4) is 0 Å². The fraction of sp³-hybridized carbons (Fsp3) is 1.00. The van der Waals surface area contributed by atoms with E-state index in [1.807, 2.05) is 0 Å². The first kappa shape index (κ1) is 14.9. The van der Waals surface area contributed by atoms with Crippen LogP contribution in [0.2, 0.25) is 0 Å². The Bertz CT molecular complexity index is 213. The van der Waals surface area contributed by atoms with Crippen LogP contribution in [0, 0.1) is 10.8 Å². The van der Waals surface area contributed by atoms with Gasteiger partial charge in [0.1, 0.15) is 0 Å². The average molecular weight is 241 g/mol. The van der Waals surface area contributed by atoms with Crippen molar-refractivity contribution in [3.8, 4) is 0 Å². The molecule has 3 nitrogen and oxygen atoms in total. The lowest BCUT2D eigenvalue weighted by molar-refractivity contribution is -0.0420. The highest BCUT2D eigenvalue weighted by Gasteiger charge is 2.26. The van der Waals surface area contributed by atoms with Gasteiger partial charge in [0.2, 0.25) is 0 Å². The quantitative estimate of drug-likeness (QED) is 0.735. The molecule has 0 bridgehead atoms. The third kappa shape index (κ3) is 6.39. The molecule has 0 aromatic heterocycles. The van der Waals surface area contributed by atoms with Crippen LogP contribution in [0.5, 0.6) is 0 Å². The van der Waals surface area contributed by atoms with Crippen molar-refractivity contribution in [2.45, 2.75) is 41.5 Å². The molecule has 17 heavy (non-hydrogen) atoms. The lowest BCUT2D eigenvalue weighted by Crippen LogP contribution is -2.56. The molecule has 0 N–H and O–H groups in total. The van der Waals surface area contributed by atoms with Crippen LogP contribution < -0.4 is 0 Å². The zero-order valence-electron chi connectivity index (χ0n) is 12.9. The molecule has 1 aliphatic rings. The molecule has 0 unspecified atom stereocenters. The van der Waals surface area contributed by atoms with Gasteiger partial charge in [-0.05, 0) is 17.9 Å². The van der Waals surface area contributed by atoms with Crippen LogP contribution in [-0.4, -0.2) is 54.8 Å². The van der Waals surface area contributed by atoms with E-state index in [0.29, 0.717) is 10.8 Å². The van der Waals surface area contributed by atoms with Crippen molar-refractivity contribution in [1.29, 1.82) is 0 Å². The SMILES string of the molecule is CN1CN(CC(C)(C)C)CN(CC(C)(C)C)C1. The van der Waals surface area contributed by atoms with Crippen LogP contribution in [0.1, 0.15) is 41.5 Å². The van der Waals surface area contributed by atoms with Crippen molar-refractivity contribution in [3.05, 3.63) is 0 Å². The monoisotopic (exact) mass is 241 g/mol. The summed E-state index contributed by atoms with van der Waals surface area (Å²) in [6.07, 6.45) is 0. The first-order valence-corrected chi connectivity index (χ1v) is 6.68. The molecule has 1 saturated heterocycles. The summed E-state index contributed by atoms with van der Waals surface area (Å²) in [5, 5.41) is 0. The standard InChI is InChI=1S/C14H31N3/c1-13(2,3)8-16-10-15(7)11-17(12-16)9-14(4,5)6/h8-12H2,1-7H3. The van der Waals surface area contributed by atoms with Crippen molar-refractivity contribution in [2.24, 2.45) is 10.8 Å². The summed E-state index contributed by atoms with van der Waals surface area (Å²) in [4.78, 5) is 7.51. The second-order valence-corrected chi connectivity index (χ2v) is 8.06. The van der Waals surface area contributed by atoms with Crippen molar-refractivity contribution < 1.29 is 0 Å². The van der Waals surface area contributed by atoms with E-state index >= 15 is 0 Å². The van der Waals surface area contributed by atoms with E-state index < -0.39 is 0 Å². The maximum atomic E-state index is 2.55. The first-order chi connectivity index (χ1) is 7.55. The fourth-order valence-corrected chi connectivity index (χ4v) is 2.64. The highest BCUT2D eigenvalue weighted by atomic mass is 15.5. The van der Waals surface area contributed by atoms with Gasteiger partial charge in [-0.1, -0.05) is 41.5 Å². The third-order valence-corrected chi connectivity index (χ3v) is 2.68. The molecule has 0 aromatic rings. The van der Waals surface area contributed by atoms with E-state index in [4.69, 9.17) is 0 Å². The van der Waals surface area contributed by atoms with Crippen molar-refractivity contribution in [2.75, 3.05) is 40.1 Å². The number of hydrogen-bond donors (Lipinski definition) is 0. The Hall–Kier alpha value is -0.120. The molecule has 102 valence electrons.